The van der Waals surface area contributed by atoms with Crippen LogP contribution in [0.25, 0.3) is 0 Å². The van der Waals surface area contributed by atoms with E-state index in [0.29, 0.717) is 25.2 Å². The average Bonchev–Trinajstić information content (AvgIpc) is 3.28. The molecule has 5 nitrogen and oxygen atoms in total. The molecule has 2 aliphatic heterocycles. The van der Waals surface area contributed by atoms with E-state index in [4.69, 9.17) is 0 Å². The van der Waals surface area contributed by atoms with Gasteiger partial charge in [-0.1, -0.05) is 6.07 Å². The first-order valence-corrected chi connectivity index (χ1v) is 10.6. The molecule has 0 saturated carbocycles. The van der Waals surface area contributed by atoms with Crippen LogP contribution in [0.5, 0.6) is 0 Å². The van der Waals surface area contributed by atoms with Crippen LogP contribution in [-0.4, -0.2) is 40.4 Å². The van der Waals surface area contributed by atoms with Gasteiger partial charge in [0.15, 0.2) is 0 Å². The summed E-state index contributed by atoms with van der Waals surface area (Å²) < 4.78 is 27.0. The number of amides is 3. The van der Waals surface area contributed by atoms with Gasteiger partial charge in [-0.15, -0.1) is 0 Å². The highest BCUT2D eigenvalue weighted by Gasteiger charge is 2.52. The molecule has 0 aliphatic carbocycles. The average molecular weight is 419 g/mol. The summed E-state index contributed by atoms with van der Waals surface area (Å²) in [7, 11) is 0. The Kier molecular flexibility index (Phi) is 5.40. The van der Waals surface area contributed by atoms with Crippen LogP contribution in [0, 0.1) is 17.6 Å². The van der Waals surface area contributed by atoms with Crippen molar-refractivity contribution in [2.45, 2.75) is 38.4 Å². The van der Waals surface area contributed by atoms with Crippen molar-refractivity contribution in [2.24, 2.45) is 5.92 Å². The number of urea groups is 1. The van der Waals surface area contributed by atoms with Gasteiger partial charge in [0.25, 0.3) is 5.91 Å². The van der Waals surface area contributed by atoms with E-state index in [2.05, 4.69) is 10.2 Å². The van der Waals surface area contributed by atoms with Crippen molar-refractivity contribution in [2.75, 3.05) is 13.1 Å². The number of carbonyl (C=O) groups is 2. The van der Waals surface area contributed by atoms with Crippen LogP contribution in [-0.2, 0) is 17.9 Å². The Morgan fingerprint density at radius 3 is 2.59 bits per heavy atom. The fourth-order valence-corrected chi connectivity index (χ4v) is 4.92. The molecule has 1 aromatic carbocycles. The summed E-state index contributed by atoms with van der Waals surface area (Å²) in [6.45, 7) is 3.86. The molecule has 0 bridgehead atoms. The fraction of sp³-hybridized carbons (Fsp3) is 0.429. The van der Waals surface area contributed by atoms with Crippen LogP contribution in [0.3, 0.4) is 0 Å². The van der Waals surface area contributed by atoms with E-state index in [-0.39, 0.29) is 24.4 Å². The van der Waals surface area contributed by atoms with E-state index in [1.807, 2.05) is 16.8 Å². The highest BCUT2D eigenvalue weighted by molar-refractivity contribution is 7.07. The van der Waals surface area contributed by atoms with Crippen LogP contribution in [0.4, 0.5) is 13.6 Å². The monoisotopic (exact) mass is 419 g/mol. The molecule has 1 atom stereocenters. The number of imide groups is 1. The van der Waals surface area contributed by atoms with Gasteiger partial charge in [0.1, 0.15) is 17.2 Å². The largest absolute Gasteiger partial charge is 0.325 e. The Morgan fingerprint density at radius 1 is 1.17 bits per heavy atom. The molecule has 3 heterocycles. The molecule has 154 valence electrons. The summed E-state index contributed by atoms with van der Waals surface area (Å²) in [5, 5.41) is 6.77. The fourth-order valence-electron chi connectivity index (χ4n) is 4.26. The third kappa shape index (κ3) is 3.91. The first kappa shape index (κ1) is 20.0. The number of nitrogens with one attached hydrogen (secondary N) is 1. The molecule has 1 aromatic heterocycles. The van der Waals surface area contributed by atoms with Gasteiger partial charge in [0.05, 0.1) is 6.54 Å². The standard InChI is InChI=1S/C21H23F2N3O2S/c1-21(19(27)26(20(28)24-21)11-14-6-9-29-13-14)16-4-7-25(8-5-16)12-15-2-3-17(22)10-18(15)23/h2-3,6,9-10,13,16H,4-5,7-8,11-12H2,1H3,(H,24,28). The van der Waals surface area contributed by atoms with Crippen molar-refractivity contribution in [1.29, 1.82) is 0 Å². The third-order valence-electron chi connectivity index (χ3n) is 6.04. The molecule has 1 N–H and O–H groups in total. The second-order valence-corrected chi connectivity index (χ2v) is 8.72. The Bertz CT molecular complexity index is 913. The van der Waals surface area contributed by atoms with Gasteiger partial charge in [0.2, 0.25) is 0 Å². The number of likely N-dealkylation sites (tertiary alicyclic amines) is 1. The first-order valence-electron chi connectivity index (χ1n) is 9.68. The van der Waals surface area contributed by atoms with Gasteiger partial charge in [-0.05, 0) is 67.2 Å². The number of carbonyl (C=O) groups excluding carboxylic acids is 2. The third-order valence-corrected chi connectivity index (χ3v) is 6.77. The summed E-state index contributed by atoms with van der Waals surface area (Å²) in [5.74, 6) is -1.29. The highest BCUT2D eigenvalue weighted by Crippen LogP contribution is 2.34. The van der Waals surface area contributed by atoms with Gasteiger partial charge >= 0.3 is 6.03 Å². The van der Waals surface area contributed by atoms with Gasteiger partial charge in [-0.2, -0.15) is 11.3 Å². The summed E-state index contributed by atoms with van der Waals surface area (Å²) in [5.41, 5.74) is 0.488. The zero-order chi connectivity index (χ0) is 20.6. The van der Waals surface area contributed by atoms with Gasteiger partial charge < -0.3 is 5.32 Å². The lowest BCUT2D eigenvalue weighted by molar-refractivity contribution is -0.133. The van der Waals surface area contributed by atoms with Gasteiger partial charge in [0, 0.05) is 18.2 Å². The molecule has 0 radical (unpaired) electrons. The minimum atomic E-state index is -0.916. The summed E-state index contributed by atoms with van der Waals surface area (Å²) in [6, 6.07) is 5.20. The topological polar surface area (TPSA) is 52.7 Å². The number of benzene rings is 1. The molecule has 3 amide bonds. The molecular weight excluding hydrogens is 396 g/mol. The summed E-state index contributed by atoms with van der Waals surface area (Å²) in [6.07, 6.45) is 1.44. The normalized spacial score (nSPS) is 23.6. The number of hydrogen-bond donors (Lipinski definition) is 1. The van der Waals surface area contributed by atoms with E-state index < -0.39 is 17.2 Å². The van der Waals surface area contributed by atoms with E-state index in [0.717, 1.165) is 24.5 Å². The number of nitrogens with zero attached hydrogens (tertiary/aromatic N) is 2. The Balaban J connectivity index is 1.38. The molecule has 0 spiro atoms. The molecule has 2 fully saturated rings. The summed E-state index contributed by atoms with van der Waals surface area (Å²) in [4.78, 5) is 28.9. The maximum atomic E-state index is 13.9. The molecular formula is C21H23F2N3O2S. The SMILES string of the molecule is CC1(C2CCN(Cc3ccc(F)cc3F)CC2)NC(=O)N(Cc2ccsc2)C1=O. The number of rotatable bonds is 5. The zero-order valence-corrected chi connectivity index (χ0v) is 17.0. The molecule has 8 heteroatoms. The molecule has 2 saturated heterocycles. The van der Waals surface area contributed by atoms with E-state index in [9.17, 15) is 18.4 Å². The smallest absolute Gasteiger partial charge is 0.323 e. The predicted octanol–water partition coefficient (Wildman–Crippen LogP) is 3.75. The minimum Gasteiger partial charge on any atom is -0.323 e. The van der Waals surface area contributed by atoms with Crippen LogP contribution < -0.4 is 5.32 Å². The van der Waals surface area contributed by atoms with Gasteiger partial charge in [-0.25, -0.2) is 13.6 Å². The Hall–Kier alpha value is -2.32. The van der Waals surface area contributed by atoms with Crippen molar-refractivity contribution in [1.82, 2.24) is 15.1 Å². The van der Waals surface area contributed by atoms with E-state index >= 15 is 0 Å². The van der Waals surface area contributed by atoms with Crippen molar-refractivity contribution in [3.8, 4) is 0 Å². The number of piperidine rings is 1. The molecule has 1 unspecified atom stereocenters. The molecule has 4 rings (SSSR count). The molecule has 29 heavy (non-hydrogen) atoms. The van der Waals surface area contributed by atoms with Crippen LogP contribution in [0.15, 0.2) is 35.0 Å². The Morgan fingerprint density at radius 2 is 1.93 bits per heavy atom. The van der Waals surface area contributed by atoms with Gasteiger partial charge in [-0.3, -0.25) is 14.6 Å². The van der Waals surface area contributed by atoms with E-state index in [1.54, 1.807) is 6.92 Å². The van der Waals surface area contributed by atoms with Crippen LogP contribution in [0.2, 0.25) is 0 Å². The van der Waals surface area contributed by atoms with Crippen LogP contribution in [0.1, 0.15) is 30.9 Å². The predicted molar refractivity (Wildman–Crippen MR) is 106 cm³/mol. The molecule has 2 aromatic rings. The van der Waals surface area contributed by atoms with Crippen LogP contribution >= 0.6 is 11.3 Å². The number of halogens is 2. The minimum absolute atomic E-state index is 0.0146. The first-order chi connectivity index (χ1) is 13.9. The second-order valence-electron chi connectivity index (χ2n) is 7.94. The number of hydrogen-bond acceptors (Lipinski definition) is 4. The second kappa shape index (κ2) is 7.84. The van der Waals surface area contributed by atoms with Crippen molar-refractivity contribution < 1.29 is 18.4 Å². The lowest BCUT2D eigenvalue weighted by atomic mass is 9.79. The van der Waals surface area contributed by atoms with Crippen molar-refractivity contribution in [3.05, 3.63) is 57.8 Å². The number of thiophene rings is 1. The quantitative estimate of drug-likeness (QED) is 0.751. The van der Waals surface area contributed by atoms with Crippen molar-refractivity contribution in [3.63, 3.8) is 0 Å². The maximum absolute atomic E-state index is 13.9. The summed E-state index contributed by atoms with van der Waals surface area (Å²) >= 11 is 1.53. The lowest BCUT2D eigenvalue weighted by Gasteiger charge is -2.39. The lowest BCUT2D eigenvalue weighted by Crippen LogP contribution is -2.53. The zero-order valence-electron chi connectivity index (χ0n) is 16.2. The van der Waals surface area contributed by atoms with E-state index in [1.165, 1.54) is 28.4 Å². The highest BCUT2D eigenvalue weighted by atomic mass is 32.1. The Labute approximate surface area is 172 Å². The van der Waals surface area contributed by atoms with Crippen molar-refractivity contribution >= 4 is 23.3 Å². The maximum Gasteiger partial charge on any atom is 0.325 e. The molecule has 2 aliphatic rings.